The molecule has 4 rings (SSSR count). The molecule has 1 aromatic heterocycles. The molecule has 7 nitrogen and oxygen atoms in total. The van der Waals surface area contributed by atoms with Crippen LogP contribution in [-0.2, 0) is 21.4 Å². The highest BCUT2D eigenvalue weighted by atomic mass is 127. The van der Waals surface area contributed by atoms with E-state index in [4.69, 9.17) is 27.9 Å². The Balaban J connectivity index is 1.52. The van der Waals surface area contributed by atoms with Crippen molar-refractivity contribution in [2.75, 3.05) is 18.0 Å². The SMILES string of the molecule is O=C1OCc2cc(Cl)ccc2N1C1CCN(S(=O)(=O)c2cnc(Cl)c(I)c2)CC1. The fourth-order valence-corrected chi connectivity index (χ4v) is 6.02. The number of halogens is 3. The number of fused-ring (bicyclic) bond motifs is 1. The van der Waals surface area contributed by atoms with Crippen molar-refractivity contribution in [2.45, 2.75) is 30.4 Å². The van der Waals surface area contributed by atoms with Crippen LogP contribution in [0.25, 0.3) is 0 Å². The zero-order valence-electron chi connectivity index (χ0n) is 15.0. The van der Waals surface area contributed by atoms with Crippen molar-refractivity contribution in [2.24, 2.45) is 0 Å². The van der Waals surface area contributed by atoms with Crippen LogP contribution in [0.3, 0.4) is 0 Å². The summed E-state index contributed by atoms with van der Waals surface area (Å²) in [5.41, 5.74) is 1.61. The Morgan fingerprint density at radius 2 is 1.90 bits per heavy atom. The molecule has 0 spiro atoms. The van der Waals surface area contributed by atoms with Gasteiger partial charge in [0.2, 0.25) is 10.0 Å². The van der Waals surface area contributed by atoms with E-state index in [1.165, 1.54) is 16.6 Å². The Morgan fingerprint density at radius 1 is 1.17 bits per heavy atom. The molecule has 2 aromatic rings. The summed E-state index contributed by atoms with van der Waals surface area (Å²) >= 11 is 13.9. The predicted molar refractivity (Wildman–Crippen MR) is 118 cm³/mol. The molecule has 1 saturated heterocycles. The van der Waals surface area contributed by atoms with E-state index >= 15 is 0 Å². The van der Waals surface area contributed by atoms with Crippen LogP contribution in [0.1, 0.15) is 18.4 Å². The smallest absolute Gasteiger partial charge is 0.414 e. The molecule has 0 saturated carbocycles. The van der Waals surface area contributed by atoms with E-state index in [-0.39, 0.29) is 22.7 Å². The molecule has 1 amide bonds. The van der Waals surface area contributed by atoms with E-state index in [0.717, 1.165) is 11.3 Å². The predicted octanol–water partition coefficient (Wildman–Crippen LogP) is 4.30. The van der Waals surface area contributed by atoms with Gasteiger partial charge in [0.05, 0.1) is 9.26 Å². The number of sulfonamides is 1. The lowest BCUT2D eigenvalue weighted by molar-refractivity contribution is 0.136. The van der Waals surface area contributed by atoms with Gasteiger partial charge in [-0.3, -0.25) is 4.90 Å². The lowest BCUT2D eigenvalue weighted by Gasteiger charge is -2.39. The summed E-state index contributed by atoms with van der Waals surface area (Å²) < 4.78 is 33.2. The standard InChI is InChI=1S/C18H16Cl2IN3O4S/c19-12-1-2-16-11(7-12)10-28-18(25)24(16)13-3-5-23(6-4-13)29(26,27)14-8-15(21)17(20)22-9-14/h1-2,7-9,13H,3-6,10H2. The van der Waals surface area contributed by atoms with Crippen molar-refractivity contribution in [3.63, 3.8) is 0 Å². The minimum absolute atomic E-state index is 0.113. The summed E-state index contributed by atoms with van der Waals surface area (Å²) in [7, 11) is -3.68. The molecule has 2 aliphatic rings. The number of anilines is 1. The first-order chi connectivity index (χ1) is 13.8. The number of nitrogens with zero attached hydrogens (tertiary/aromatic N) is 3. The summed E-state index contributed by atoms with van der Waals surface area (Å²) in [4.78, 5) is 18.1. The van der Waals surface area contributed by atoms with Crippen molar-refractivity contribution >= 4 is 67.6 Å². The molecule has 2 aliphatic heterocycles. The Morgan fingerprint density at radius 3 is 2.59 bits per heavy atom. The van der Waals surface area contributed by atoms with Gasteiger partial charge in [0.25, 0.3) is 0 Å². The largest absolute Gasteiger partial charge is 0.444 e. The molecule has 1 fully saturated rings. The van der Waals surface area contributed by atoms with E-state index in [0.29, 0.717) is 34.5 Å². The molecular formula is C18H16Cl2IN3O4S. The number of pyridine rings is 1. The number of carbonyl (C=O) groups excluding carboxylic acids is 1. The number of carbonyl (C=O) groups is 1. The van der Waals surface area contributed by atoms with Gasteiger partial charge in [-0.25, -0.2) is 18.2 Å². The van der Waals surface area contributed by atoms with Crippen molar-refractivity contribution in [1.29, 1.82) is 0 Å². The summed E-state index contributed by atoms with van der Waals surface area (Å²) in [6, 6.07) is 6.69. The number of amides is 1. The third-order valence-electron chi connectivity index (χ3n) is 5.05. The van der Waals surface area contributed by atoms with Gasteiger partial charge in [0, 0.05) is 35.9 Å². The average Bonchev–Trinajstić information content (AvgIpc) is 2.70. The van der Waals surface area contributed by atoms with Gasteiger partial charge in [-0.05, 0) is 59.7 Å². The molecule has 0 bridgehead atoms. The molecule has 3 heterocycles. The Labute approximate surface area is 192 Å². The summed E-state index contributed by atoms with van der Waals surface area (Å²) in [6.45, 7) is 0.762. The molecule has 11 heteroatoms. The topological polar surface area (TPSA) is 79.8 Å². The van der Waals surface area contributed by atoms with Crippen LogP contribution in [0.4, 0.5) is 10.5 Å². The van der Waals surface area contributed by atoms with Crippen LogP contribution in [0.5, 0.6) is 0 Å². The number of hydrogen-bond acceptors (Lipinski definition) is 5. The fourth-order valence-electron chi connectivity index (χ4n) is 3.59. The summed E-state index contributed by atoms with van der Waals surface area (Å²) in [5, 5.41) is 0.847. The first kappa shape index (κ1) is 21.1. The molecule has 0 atom stereocenters. The first-order valence-corrected chi connectivity index (χ1v) is 12.1. The lowest BCUT2D eigenvalue weighted by Crippen LogP contribution is -2.50. The second-order valence-corrected chi connectivity index (χ2v) is 10.7. The van der Waals surface area contributed by atoms with Crippen molar-refractivity contribution in [1.82, 2.24) is 9.29 Å². The number of aromatic nitrogens is 1. The lowest BCUT2D eigenvalue weighted by atomic mass is 10.0. The molecule has 0 aliphatic carbocycles. The second kappa shape index (κ2) is 8.18. The third kappa shape index (κ3) is 4.07. The quantitative estimate of drug-likeness (QED) is 0.408. The van der Waals surface area contributed by atoms with Crippen molar-refractivity contribution in [3.8, 4) is 0 Å². The maximum absolute atomic E-state index is 13.0. The van der Waals surface area contributed by atoms with Gasteiger partial charge in [-0.15, -0.1) is 0 Å². The molecule has 1 aromatic carbocycles. The normalized spacial score (nSPS) is 18.4. The van der Waals surface area contributed by atoms with Crippen LogP contribution in [0, 0.1) is 3.57 Å². The van der Waals surface area contributed by atoms with E-state index in [9.17, 15) is 13.2 Å². The maximum Gasteiger partial charge on any atom is 0.414 e. The van der Waals surface area contributed by atoms with Crippen molar-refractivity contribution in [3.05, 3.63) is 49.8 Å². The minimum Gasteiger partial charge on any atom is -0.444 e. The zero-order valence-corrected chi connectivity index (χ0v) is 19.5. The van der Waals surface area contributed by atoms with Crippen LogP contribution < -0.4 is 4.90 Å². The van der Waals surface area contributed by atoms with Gasteiger partial charge >= 0.3 is 6.09 Å². The average molecular weight is 568 g/mol. The Kier molecular flexibility index (Phi) is 5.95. The molecule has 0 N–H and O–H groups in total. The van der Waals surface area contributed by atoms with Gasteiger partial charge in [0.15, 0.2) is 0 Å². The highest BCUT2D eigenvalue weighted by Gasteiger charge is 2.37. The van der Waals surface area contributed by atoms with Gasteiger partial charge in [-0.2, -0.15) is 4.31 Å². The number of benzene rings is 1. The first-order valence-electron chi connectivity index (χ1n) is 8.83. The maximum atomic E-state index is 13.0. The van der Waals surface area contributed by atoms with Crippen LogP contribution in [-0.4, -0.2) is 42.9 Å². The molecule has 0 radical (unpaired) electrons. The van der Waals surface area contributed by atoms with Crippen LogP contribution in [0.2, 0.25) is 10.2 Å². The number of ether oxygens (including phenoxy) is 1. The number of hydrogen-bond donors (Lipinski definition) is 0. The molecular weight excluding hydrogens is 552 g/mol. The van der Waals surface area contributed by atoms with Gasteiger partial charge in [0.1, 0.15) is 16.7 Å². The number of piperidine rings is 1. The number of rotatable bonds is 3. The molecule has 29 heavy (non-hydrogen) atoms. The molecule has 0 unspecified atom stereocenters. The third-order valence-corrected chi connectivity index (χ3v) is 8.59. The van der Waals surface area contributed by atoms with Gasteiger partial charge in [-0.1, -0.05) is 23.2 Å². The van der Waals surface area contributed by atoms with Crippen LogP contribution in [0.15, 0.2) is 35.4 Å². The summed E-state index contributed by atoms with van der Waals surface area (Å²) in [5.74, 6) is 0. The zero-order chi connectivity index (χ0) is 20.8. The minimum atomic E-state index is -3.68. The second-order valence-electron chi connectivity index (χ2n) is 6.78. The van der Waals surface area contributed by atoms with E-state index < -0.39 is 16.1 Å². The van der Waals surface area contributed by atoms with Gasteiger partial charge < -0.3 is 4.74 Å². The van der Waals surface area contributed by atoms with E-state index in [1.54, 1.807) is 17.0 Å². The highest BCUT2D eigenvalue weighted by Crippen LogP contribution is 2.34. The van der Waals surface area contributed by atoms with E-state index in [2.05, 4.69) is 4.98 Å². The highest BCUT2D eigenvalue weighted by molar-refractivity contribution is 14.1. The fraction of sp³-hybridized carbons (Fsp3) is 0.333. The Hall–Kier alpha value is -1.14. The Bertz CT molecular complexity index is 1070. The summed E-state index contributed by atoms with van der Waals surface area (Å²) in [6.07, 6.45) is 1.84. The number of cyclic esters (lactones) is 1. The molecule has 154 valence electrons. The van der Waals surface area contributed by atoms with Crippen molar-refractivity contribution < 1.29 is 17.9 Å². The van der Waals surface area contributed by atoms with Crippen LogP contribution >= 0.6 is 45.8 Å². The van der Waals surface area contributed by atoms with E-state index in [1.807, 2.05) is 28.7 Å². The monoisotopic (exact) mass is 567 g/mol.